The van der Waals surface area contributed by atoms with E-state index in [-0.39, 0.29) is 11.9 Å². The van der Waals surface area contributed by atoms with Crippen LogP contribution in [-0.2, 0) is 10.8 Å². The predicted molar refractivity (Wildman–Crippen MR) is 64.2 cm³/mol. The van der Waals surface area contributed by atoms with Gasteiger partial charge in [0.25, 0.3) is 0 Å². The molecule has 1 heterocycles. The Morgan fingerprint density at radius 2 is 2.06 bits per heavy atom. The standard InChI is InChI=1S/C12H16FNOS/c1-2-11-7-16(15)8-12(14-11)9-3-5-10(13)6-4-9/h3-6,11-12,14H,2,7-8H2,1H3. The third kappa shape index (κ3) is 2.68. The van der Waals surface area contributed by atoms with E-state index in [1.54, 1.807) is 12.1 Å². The lowest BCUT2D eigenvalue weighted by atomic mass is 10.1. The summed E-state index contributed by atoms with van der Waals surface area (Å²) in [6.07, 6.45) is 0.976. The Morgan fingerprint density at radius 3 is 2.69 bits per heavy atom. The summed E-state index contributed by atoms with van der Waals surface area (Å²) in [5.41, 5.74) is 1.02. The van der Waals surface area contributed by atoms with Crippen molar-refractivity contribution in [2.45, 2.75) is 25.4 Å². The molecule has 0 aliphatic carbocycles. The molecule has 1 N–H and O–H groups in total. The summed E-state index contributed by atoms with van der Waals surface area (Å²) in [6.45, 7) is 2.09. The lowest BCUT2D eigenvalue weighted by molar-refractivity contribution is 0.455. The molecule has 1 fully saturated rings. The van der Waals surface area contributed by atoms with Crippen molar-refractivity contribution >= 4 is 10.8 Å². The Balaban J connectivity index is 2.14. The van der Waals surface area contributed by atoms with Gasteiger partial charge in [-0.25, -0.2) is 4.39 Å². The molecule has 0 bridgehead atoms. The molecular weight excluding hydrogens is 225 g/mol. The minimum atomic E-state index is -0.762. The third-order valence-electron chi connectivity index (χ3n) is 2.94. The van der Waals surface area contributed by atoms with Crippen molar-refractivity contribution < 1.29 is 8.60 Å². The summed E-state index contributed by atoms with van der Waals surface area (Å²) in [4.78, 5) is 0. The fraction of sp³-hybridized carbons (Fsp3) is 0.500. The van der Waals surface area contributed by atoms with Crippen LogP contribution < -0.4 is 5.32 Å². The van der Waals surface area contributed by atoms with Gasteiger partial charge >= 0.3 is 0 Å². The van der Waals surface area contributed by atoms with Crippen LogP contribution >= 0.6 is 0 Å². The van der Waals surface area contributed by atoms with E-state index in [0.717, 1.165) is 17.7 Å². The average Bonchev–Trinajstić information content (AvgIpc) is 2.29. The quantitative estimate of drug-likeness (QED) is 0.858. The normalized spacial score (nSPS) is 30.2. The van der Waals surface area contributed by atoms with E-state index in [1.165, 1.54) is 12.1 Å². The van der Waals surface area contributed by atoms with E-state index in [4.69, 9.17) is 0 Å². The van der Waals surface area contributed by atoms with E-state index < -0.39 is 10.8 Å². The third-order valence-corrected chi connectivity index (χ3v) is 4.42. The number of halogens is 1. The number of benzene rings is 1. The Hall–Kier alpha value is -0.740. The molecule has 3 atom stereocenters. The van der Waals surface area contributed by atoms with Crippen LogP contribution in [0.3, 0.4) is 0 Å². The van der Waals surface area contributed by atoms with Crippen LogP contribution in [0.15, 0.2) is 24.3 Å². The summed E-state index contributed by atoms with van der Waals surface area (Å²) in [5.74, 6) is 1.13. The van der Waals surface area contributed by atoms with Gasteiger partial charge in [0, 0.05) is 34.4 Å². The number of hydrogen-bond donors (Lipinski definition) is 1. The number of rotatable bonds is 2. The van der Waals surface area contributed by atoms with Crippen LogP contribution in [0.4, 0.5) is 4.39 Å². The Kier molecular flexibility index (Phi) is 3.71. The van der Waals surface area contributed by atoms with Crippen LogP contribution in [0.25, 0.3) is 0 Å². The molecule has 0 saturated carbocycles. The highest BCUT2D eigenvalue weighted by Gasteiger charge is 2.25. The largest absolute Gasteiger partial charge is 0.305 e. The second-order valence-corrected chi connectivity index (χ2v) is 5.70. The highest BCUT2D eigenvalue weighted by atomic mass is 32.2. The second kappa shape index (κ2) is 5.06. The first-order chi connectivity index (χ1) is 7.69. The molecule has 0 radical (unpaired) electrons. The van der Waals surface area contributed by atoms with Gasteiger partial charge in [-0.05, 0) is 24.1 Å². The molecule has 1 aromatic rings. The number of nitrogens with one attached hydrogen (secondary N) is 1. The molecule has 4 heteroatoms. The van der Waals surface area contributed by atoms with Gasteiger partial charge in [0.2, 0.25) is 0 Å². The Morgan fingerprint density at radius 1 is 1.38 bits per heavy atom. The van der Waals surface area contributed by atoms with Crippen molar-refractivity contribution in [2.75, 3.05) is 11.5 Å². The molecule has 0 amide bonds. The van der Waals surface area contributed by atoms with Crippen LogP contribution in [0.1, 0.15) is 24.9 Å². The van der Waals surface area contributed by atoms with Crippen molar-refractivity contribution in [3.8, 4) is 0 Å². The average molecular weight is 241 g/mol. The van der Waals surface area contributed by atoms with E-state index in [2.05, 4.69) is 12.2 Å². The van der Waals surface area contributed by atoms with Gasteiger partial charge in [-0.3, -0.25) is 4.21 Å². The molecule has 2 nitrogen and oxygen atoms in total. The van der Waals surface area contributed by atoms with Gasteiger partial charge in [0.1, 0.15) is 5.82 Å². The second-order valence-electron chi connectivity index (χ2n) is 4.15. The van der Waals surface area contributed by atoms with E-state index in [9.17, 15) is 8.60 Å². The zero-order valence-corrected chi connectivity index (χ0v) is 10.1. The summed E-state index contributed by atoms with van der Waals surface area (Å²) >= 11 is 0. The summed E-state index contributed by atoms with van der Waals surface area (Å²) in [5, 5.41) is 3.45. The first-order valence-electron chi connectivity index (χ1n) is 5.55. The summed E-state index contributed by atoms with van der Waals surface area (Å²) < 4.78 is 24.5. The zero-order chi connectivity index (χ0) is 11.5. The van der Waals surface area contributed by atoms with Gasteiger partial charge in [-0.1, -0.05) is 19.1 Å². The maximum absolute atomic E-state index is 12.8. The molecule has 1 aromatic carbocycles. The van der Waals surface area contributed by atoms with Crippen molar-refractivity contribution in [1.29, 1.82) is 0 Å². The minimum absolute atomic E-state index is 0.0973. The molecule has 1 aliphatic heterocycles. The van der Waals surface area contributed by atoms with Gasteiger partial charge in [-0.15, -0.1) is 0 Å². The monoisotopic (exact) mass is 241 g/mol. The first-order valence-corrected chi connectivity index (χ1v) is 7.04. The first kappa shape index (κ1) is 11.7. The lowest BCUT2D eigenvalue weighted by Gasteiger charge is -2.30. The van der Waals surface area contributed by atoms with Gasteiger partial charge < -0.3 is 5.32 Å². The maximum Gasteiger partial charge on any atom is 0.123 e. The fourth-order valence-electron chi connectivity index (χ4n) is 1.98. The summed E-state index contributed by atoms with van der Waals surface area (Å²) in [7, 11) is -0.762. The topological polar surface area (TPSA) is 29.1 Å². The lowest BCUT2D eigenvalue weighted by Crippen LogP contribution is -2.44. The Bertz CT molecular complexity index is 379. The van der Waals surface area contributed by atoms with E-state index >= 15 is 0 Å². The predicted octanol–water partition coefficient (Wildman–Crippen LogP) is 2.00. The van der Waals surface area contributed by atoms with Gasteiger partial charge in [0.05, 0.1) is 0 Å². The molecule has 2 rings (SSSR count). The van der Waals surface area contributed by atoms with Crippen LogP contribution in [0.5, 0.6) is 0 Å². The minimum Gasteiger partial charge on any atom is -0.305 e. The molecule has 1 aliphatic rings. The van der Waals surface area contributed by atoms with Crippen molar-refractivity contribution in [1.82, 2.24) is 5.32 Å². The molecule has 88 valence electrons. The number of hydrogen-bond acceptors (Lipinski definition) is 2. The SMILES string of the molecule is CCC1CS(=O)CC(c2ccc(F)cc2)N1. The van der Waals surface area contributed by atoms with Crippen molar-refractivity contribution in [3.05, 3.63) is 35.6 Å². The fourth-order valence-corrected chi connectivity index (χ4v) is 3.56. The van der Waals surface area contributed by atoms with E-state index in [1.807, 2.05) is 0 Å². The molecule has 0 spiro atoms. The Labute approximate surface area is 97.7 Å². The van der Waals surface area contributed by atoms with Crippen molar-refractivity contribution in [2.24, 2.45) is 0 Å². The molecule has 1 saturated heterocycles. The van der Waals surface area contributed by atoms with Crippen LogP contribution in [0.2, 0.25) is 0 Å². The molecule has 16 heavy (non-hydrogen) atoms. The maximum atomic E-state index is 12.8. The zero-order valence-electron chi connectivity index (χ0n) is 9.28. The summed E-state index contributed by atoms with van der Waals surface area (Å²) in [6, 6.07) is 6.85. The smallest absolute Gasteiger partial charge is 0.123 e. The van der Waals surface area contributed by atoms with Crippen LogP contribution in [-0.4, -0.2) is 21.8 Å². The van der Waals surface area contributed by atoms with Crippen molar-refractivity contribution in [3.63, 3.8) is 0 Å². The van der Waals surface area contributed by atoms with Crippen LogP contribution in [0, 0.1) is 5.82 Å². The van der Waals surface area contributed by atoms with Gasteiger partial charge in [0.15, 0.2) is 0 Å². The molecular formula is C12H16FNOS. The highest BCUT2D eigenvalue weighted by Crippen LogP contribution is 2.20. The molecule has 0 aromatic heterocycles. The highest BCUT2D eigenvalue weighted by molar-refractivity contribution is 7.85. The van der Waals surface area contributed by atoms with E-state index in [0.29, 0.717) is 11.8 Å². The van der Waals surface area contributed by atoms with Gasteiger partial charge in [-0.2, -0.15) is 0 Å². The molecule has 3 unspecified atom stereocenters.